The lowest BCUT2D eigenvalue weighted by Gasteiger charge is -2.24. The predicted molar refractivity (Wildman–Crippen MR) is 70.8 cm³/mol. The van der Waals surface area contributed by atoms with E-state index >= 15 is 0 Å². The number of cyclic esters (lactones) is 2. The van der Waals surface area contributed by atoms with Gasteiger partial charge in [0.2, 0.25) is 0 Å². The van der Waals surface area contributed by atoms with Crippen LogP contribution in [0.15, 0.2) is 11.6 Å². The molecule has 3 nitrogen and oxygen atoms in total. The number of hydrogen-bond acceptors (Lipinski definition) is 3. The Morgan fingerprint density at radius 1 is 1.22 bits per heavy atom. The van der Waals surface area contributed by atoms with Gasteiger partial charge in [-0.05, 0) is 18.3 Å². The van der Waals surface area contributed by atoms with Gasteiger partial charge in [0.25, 0.3) is 0 Å². The van der Waals surface area contributed by atoms with Crippen LogP contribution >= 0.6 is 0 Å². The van der Waals surface area contributed by atoms with Crippen LogP contribution < -0.4 is 0 Å². The van der Waals surface area contributed by atoms with Gasteiger partial charge in [-0.25, -0.2) is 0 Å². The van der Waals surface area contributed by atoms with E-state index in [4.69, 9.17) is 4.74 Å². The van der Waals surface area contributed by atoms with E-state index in [0.717, 1.165) is 12.8 Å². The number of carbonyl (C=O) groups is 2. The fourth-order valence-electron chi connectivity index (χ4n) is 2.35. The maximum Gasteiger partial charge on any atom is 0.321 e. The standard InChI is InChI=1S/C15H24O3/c1-6-8-10(15(3,4)5)9-12-11(7-2)13(16)18-14(12)17/h9,11-12H,6-8H2,1-5H3. The first-order chi connectivity index (χ1) is 8.31. The van der Waals surface area contributed by atoms with Crippen molar-refractivity contribution in [1.29, 1.82) is 0 Å². The lowest BCUT2D eigenvalue weighted by Crippen LogP contribution is -2.18. The van der Waals surface area contributed by atoms with Crippen molar-refractivity contribution in [1.82, 2.24) is 0 Å². The Bertz CT molecular complexity index is 360. The normalized spacial score (nSPS) is 25.5. The molecule has 1 heterocycles. The molecule has 1 fully saturated rings. The smallest absolute Gasteiger partial charge is 0.321 e. The topological polar surface area (TPSA) is 43.4 Å². The highest BCUT2D eigenvalue weighted by Gasteiger charge is 2.42. The monoisotopic (exact) mass is 252 g/mol. The van der Waals surface area contributed by atoms with E-state index in [-0.39, 0.29) is 29.2 Å². The number of esters is 2. The van der Waals surface area contributed by atoms with E-state index in [2.05, 4.69) is 27.7 Å². The summed E-state index contributed by atoms with van der Waals surface area (Å²) >= 11 is 0. The molecule has 0 aromatic carbocycles. The van der Waals surface area contributed by atoms with Gasteiger partial charge in [-0.3, -0.25) is 9.59 Å². The van der Waals surface area contributed by atoms with Crippen molar-refractivity contribution >= 4 is 11.9 Å². The lowest BCUT2D eigenvalue weighted by atomic mass is 9.80. The van der Waals surface area contributed by atoms with Crippen LogP contribution in [0.2, 0.25) is 0 Å². The Morgan fingerprint density at radius 2 is 1.83 bits per heavy atom. The van der Waals surface area contributed by atoms with E-state index in [1.165, 1.54) is 5.57 Å². The molecule has 2 unspecified atom stereocenters. The zero-order valence-corrected chi connectivity index (χ0v) is 12.1. The summed E-state index contributed by atoms with van der Waals surface area (Å²) in [5, 5.41) is 0. The molecule has 0 aromatic rings. The molecule has 0 radical (unpaired) electrons. The second kappa shape index (κ2) is 5.68. The number of hydrogen-bond donors (Lipinski definition) is 0. The summed E-state index contributed by atoms with van der Waals surface area (Å²) in [7, 11) is 0. The van der Waals surface area contributed by atoms with Crippen LogP contribution in [0.5, 0.6) is 0 Å². The molecule has 0 bridgehead atoms. The highest BCUT2D eigenvalue weighted by molar-refractivity contribution is 5.97. The average Bonchev–Trinajstić information content (AvgIpc) is 2.51. The fraction of sp³-hybridized carbons (Fsp3) is 0.733. The third kappa shape index (κ3) is 3.21. The molecule has 102 valence electrons. The first-order valence-corrected chi connectivity index (χ1v) is 6.78. The molecular formula is C15H24O3. The Labute approximate surface area is 110 Å². The zero-order valence-electron chi connectivity index (χ0n) is 12.1. The molecule has 0 aliphatic carbocycles. The van der Waals surface area contributed by atoms with Gasteiger partial charge in [-0.1, -0.05) is 52.7 Å². The summed E-state index contributed by atoms with van der Waals surface area (Å²) in [6.45, 7) is 10.4. The van der Waals surface area contributed by atoms with Gasteiger partial charge < -0.3 is 4.74 Å². The summed E-state index contributed by atoms with van der Waals surface area (Å²) in [5.41, 5.74) is 1.26. The van der Waals surface area contributed by atoms with E-state index in [1.807, 2.05) is 13.0 Å². The highest BCUT2D eigenvalue weighted by atomic mass is 16.6. The molecule has 0 N–H and O–H groups in total. The molecule has 0 saturated carbocycles. The molecule has 3 heteroatoms. The van der Waals surface area contributed by atoms with Crippen molar-refractivity contribution in [3.05, 3.63) is 11.6 Å². The molecule has 1 aliphatic rings. The molecule has 0 aromatic heterocycles. The third-order valence-corrected chi connectivity index (χ3v) is 3.51. The second-order valence-electron chi connectivity index (χ2n) is 5.97. The first kappa shape index (κ1) is 14.9. The fourth-order valence-corrected chi connectivity index (χ4v) is 2.35. The van der Waals surface area contributed by atoms with Crippen LogP contribution in [0.3, 0.4) is 0 Å². The quantitative estimate of drug-likeness (QED) is 0.437. The van der Waals surface area contributed by atoms with Crippen molar-refractivity contribution in [2.75, 3.05) is 0 Å². The summed E-state index contributed by atoms with van der Waals surface area (Å²) < 4.78 is 4.75. The van der Waals surface area contributed by atoms with Crippen LogP contribution in [0, 0.1) is 17.3 Å². The molecule has 0 amide bonds. The Balaban J connectivity index is 3.03. The van der Waals surface area contributed by atoms with Crippen LogP contribution in [0.25, 0.3) is 0 Å². The van der Waals surface area contributed by atoms with E-state index in [0.29, 0.717) is 6.42 Å². The zero-order chi connectivity index (χ0) is 13.9. The minimum Gasteiger partial charge on any atom is -0.392 e. The summed E-state index contributed by atoms with van der Waals surface area (Å²) in [6, 6.07) is 0. The van der Waals surface area contributed by atoms with E-state index < -0.39 is 0 Å². The summed E-state index contributed by atoms with van der Waals surface area (Å²) in [6.07, 6.45) is 4.62. The predicted octanol–water partition coefficient (Wildman–Crippen LogP) is 3.48. The number of ether oxygens (including phenoxy) is 1. The molecule has 1 saturated heterocycles. The molecule has 1 rings (SSSR count). The van der Waals surface area contributed by atoms with Crippen LogP contribution in [0.1, 0.15) is 53.9 Å². The summed E-state index contributed by atoms with van der Waals surface area (Å²) in [5.74, 6) is -1.44. The minimum absolute atomic E-state index is 0.0280. The van der Waals surface area contributed by atoms with Crippen molar-refractivity contribution in [3.63, 3.8) is 0 Å². The third-order valence-electron chi connectivity index (χ3n) is 3.51. The largest absolute Gasteiger partial charge is 0.392 e. The second-order valence-corrected chi connectivity index (χ2v) is 5.97. The van der Waals surface area contributed by atoms with Crippen molar-refractivity contribution in [2.24, 2.45) is 17.3 Å². The van der Waals surface area contributed by atoms with Crippen LogP contribution in [0.4, 0.5) is 0 Å². The SMILES string of the molecule is CCCC(=CC1C(=O)OC(=O)C1CC)C(C)(C)C. The van der Waals surface area contributed by atoms with Crippen LogP contribution in [-0.2, 0) is 14.3 Å². The van der Waals surface area contributed by atoms with Gasteiger partial charge in [-0.15, -0.1) is 0 Å². The maximum absolute atomic E-state index is 11.7. The van der Waals surface area contributed by atoms with E-state index in [9.17, 15) is 9.59 Å². The Kier molecular flexibility index (Phi) is 4.71. The minimum atomic E-state index is -0.386. The van der Waals surface area contributed by atoms with Gasteiger partial charge in [-0.2, -0.15) is 0 Å². The van der Waals surface area contributed by atoms with E-state index in [1.54, 1.807) is 0 Å². The summed E-state index contributed by atoms with van der Waals surface area (Å²) in [4.78, 5) is 23.3. The highest BCUT2D eigenvalue weighted by Crippen LogP contribution is 2.35. The Morgan fingerprint density at radius 3 is 2.28 bits per heavy atom. The molecular weight excluding hydrogens is 228 g/mol. The van der Waals surface area contributed by atoms with Gasteiger partial charge >= 0.3 is 11.9 Å². The number of carbonyl (C=O) groups excluding carboxylic acids is 2. The maximum atomic E-state index is 11.7. The first-order valence-electron chi connectivity index (χ1n) is 6.78. The Hall–Kier alpha value is -1.12. The average molecular weight is 252 g/mol. The van der Waals surface area contributed by atoms with Crippen LogP contribution in [-0.4, -0.2) is 11.9 Å². The molecule has 18 heavy (non-hydrogen) atoms. The van der Waals surface area contributed by atoms with Gasteiger partial charge in [0.15, 0.2) is 0 Å². The number of rotatable bonds is 4. The molecule has 1 aliphatic heterocycles. The lowest BCUT2D eigenvalue weighted by molar-refractivity contribution is -0.153. The molecule has 0 spiro atoms. The molecule has 2 atom stereocenters. The van der Waals surface area contributed by atoms with Crippen molar-refractivity contribution in [2.45, 2.75) is 53.9 Å². The number of allylic oxidation sites excluding steroid dienone is 1. The van der Waals surface area contributed by atoms with Crippen molar-refractivity contribution < 1.29 is 14.3 Å². The van der Waals surface area contributed by atoms with Gasteiger partial charge in [0, 0.05) is 0 Å². The van der Waals surface area contributed by atoms with Gasteiger partial charge in [0.1, 0.15) is 0 Å². The van der Waals surface area contributed by atoms with Crippen molar-refractivity contribution in [3.8, 4) is 0 Å². The van der Waals surface area contributed by atoms with Gasteiger partial charge in [0.05, 0.1) is 11.8 Å².